The van der Waals surface area contributed by atoms with E-state index in [4.69, 9.17) is 0 Å². The van der Waals surface area contributed by atoms with E-state index in [1.54, 1.807) is 25.7 Å². The summed E-state index contributed by atoms with van der Waals surface area (Å²) >= 11 is 0. The fraction of sp³-hybridized carbons (Fsp3) is 0.571. The van der Waals surface area contributed by atoms with Crippen molar-refractivity contribution in [1.82, 2.24) is 16.0 Å². The number of likely N-dealkylation sites (N-methyl/N-ethyl adjacent to an activating group) is 2. The van der Waals surface area contributed by atoms with Crippen LogP contribution in [-0.2, 0) is 14.4 Å². The van der Waals surface area contributed by atoms with E-state index in [-0.39, 0.29) is 43.4 Å². The van der Waals surface area contributed by atoms with Crippen molar-refractivity contribution < 1.29 is 14.4 Å². The molecule has 0 rings (SSSR count). The highest BCUT2D eigenvalue weighted by molar-refractivity contribution is 5.88. The van der Waals surface area contributed by atoms with Gasteiger partial charge in [0.15, 0.2) is 0 Å². The van der Waals surface area contributed by atoms with Gasteiger partial charge in [-0.25, -0.2) is 0 Å². The Bertz CT molecular complexity index is 473. The maximum atomic E-state index is 11.1. The van der Waals surface area contributed by atoms with Gasteiger partial charge in [0.2, 0.25) is 17.7 Å². The number of rotatable bonds is 10. The van der Waals surface area contributed by atoms with Crippen LogP contribution in [0.1, 0.15) is 13.3 Å². The molecule has 0 saturated carbocycles. The van der Waals surface area contributed by atoms with E-state index in [2.05, 4.69) is 30.9 Å². The molecule has 0 aromatic rings. The quantitative estimate of drug-likeness (QED) is 0.437. The average Bonchev–Trinajstić information content (AvgIpc) is 2.53. The Labute approximate surface area is 135 Å². The molecule has 128 valence electrons. The Morgan fingerprint density at radius 3 is 2.09 bits per heavy atom. The molecule has 0 bridgehead atoms. The summed E-state index contributed by atoms with van der Waals surface area (Å²) < 4.78 is 0. The van der Waals surface area contributed by atoms with Gasteiger partial charge in [-0.3, -0.25) is 29.4 Å². The second kappa shape index (κ2) is 13.1. The molecule has 0 heterocycles. The van der Waals surface area contributed by atoms with Crippen molar-refractivity contribution in [3.8, 4) is 0 Å². The second-order valence-corrected chi connectivity index (χ2v) is 4.48. The van der Waals surface area contributed by atoms with Crippen LogP contribution < -0.4 is 16.0 Å². The SMILES string of the molecule is CNC(=O)CN=CCC(C=NCNC(C)=O)C=NCC(=O)NC. The second-order valence-electron chi connectivity index (χ2n) is 4.48. The number of nitrogens with one attached hydrogen (secondary N) is 3. The van der Waals surface area contributed by atoms with E-state index in [0.29, 0.717) is 6.42 Å². The minimum absolute atomic E-state index is 0.0297. The van der Waals surface area contributed by atoms with E-state index in [9.17, 15) is 14.4 Å². The van der Waals surface area contributed by atoms with Gasteiger partial charge >= 0.3 is 0 Å². The predicted octanol–water partition coefficient (Wildman–Crippen LogP) is -1.21. The summed E-state index contributed by atoms with van der Waals surface area (Å²) in [4.78, 5) is 45.0. The normalized spacial score (nSPS) is 12.7. The zero-order valence-electron chi connectivity index (χ0n) is 13.7. The van der Waals surface area contributed by atoms with E-state index in [0.717, 1.165) is 0 Å². The monoisotopic (exact) mass is 324 g/mol. The maximum absolute atomic E-state index is 11.1. The van der Waals surface area contributed by atoms with Crippen molar-refractivity contribution in [1.29, 1.82) is 0 Å². The third-order valence-electron chi connectivity index (χ3n) is 2.55. The van der Waals surface area contributed by atoms with Crippen LogP contribution >= 0.6 is 0 Å². The van der Waals surface area contributed by atoms with Gasteiger partial charge in [-0.05, 0) is 6.42 Å². The lowest BCUT2D eigenvalue weighted by molar-refractivity contribution is -0.120. The number of carbonyl (C=O) groups is 3. The highest BCUT2D eigenvalue weighted by Gasteiger charge is 2.02. The molecule has 23 heavy (non-hydrogen) atoms. The maximum Gasteiger partial charge on any atom is 0.241 e. The number of carbonyl (C=O) groups excluding carboxylic acids is 3. The van der Waals surface area contributed by atoms with Crippen molar-refractivity contribution in [2.75, 3.05) is 33.9 Å². The molecule has 0 aromatic heterocycles. The van der Waals surface area contributed by atoms with E-state index in [1.807, 2.05) is 0 Å². The van der Waals surface area contributed by atoms with Crippen LogP contribution in [0.4, 0.5) is 0 Å². The summed E-state index contributed by atoms with van der Waals surface area (Å²) in [6.45, 7) is 1.66. The minimum atomic E-state index is -0.191. The van der Waals surface area contributed by atoms with Gasteiger partial charge in [0.25, 0.3) is 0 Å². The first-order valence-corrected chi connectivity index (χ1v) is 7.13. The summed E-state index contributed by atoms with van der Waals surface area (Å²) in [7, 11) is 3.08. The van der Waals surface area contributed by atoms with Gasteiger partial charge in [-0.2, -0.15) is 0 Å². The van der Waals surface area contributed by atoms with Crippen molar-refractivity contribution >= 4 is 36.4 Å². The first kappa shape index (κ1) is 20.4. The molecule has 0 radical (unpaired) electrons. The molecule has 0 aliphatic heterocycles. The van der Waals surface area contributed by atoms with Crippen LogP contribution in [0, 0.1) is 5.92 Å². The van der Waals surface area contributed by atoms with Gasteiger partial charge in [-0.15, -0.1) is 0 Å². The Balaban J connectivity index is 4.49. The summed E-state index contributed by atoms with van der Waals surface area (Å²) in [5.74, 6) is -0.713. The average molecular weight is 324 g/mol. The highest BCUT2D eigenvalue weighted by Crippen LogP contribution is 1.95. The topological polar surface area (TPSA) is 124 Å². The smallest absolute Gasteiger partial charge is 0.241 e. The van der Waals surface area contributed by atoms with Gasteiger partial charge in [0.05, 0.1) is 0 Å². The van der Waals surface area contributed by atoms with Crippen LogP contribution in [0.5, 0.6) is 0 Å². The molecule has 9 nitrogen and oxygen atoms in total. The molecular weight excluding hydrogens is 300 g/mol. The first-order valence-electron chi connectivity index (χ1n) is 7.13. The van der Waals surface area contributed by atoms with Crippen LogP contribution in [0.15, 0.2) is 15.0 Å². The molecule has 0 saturated heterocycles. The molecule has 0 aliphatic carbocycles. The Morgan fingerprint density at radius 2 is 1.52 bits per heavy atom. The molecule has 0 fully saturated rings. The van der Waals surface area contributed by atoms with Crippen molar-refractivity contribution in [3.05, 3.63) is 0 Å². The summed E-state index contributed by atoms with van der Waals surface area (Å²) in [6.07, 6.45) is 5.31. The summed E-state index contributed by atoms with van der Waals surface area (Å²) in [5.41, 5.74) is 0. The van der Waals surface area contributed by atoms with Crippen LogP contribution in [-0.4, -0.2) is 70.2 Å². The largest absolute Gasteiger partial charge is 0.358 e. The minimum Gasteiger partial charge on any atom is -0.358 e. The Morgan fingerprint density at radius 1 is 0.957 bits per heavy atom. The fourth-order valence-electron chi connectivity index (χ4n) is 1.28. The van der Waals surface area contributed by atoms with Crippen LogP contribution in [0.3, 0.4) is 0 Å². The molecular formula is C14H24N6O3. The molecule has 0 aromatic carbocycles. The predicted molar refractivity (Wildman–Crippen MR) is 90.1 cm³/mol. The lowest BCUT2D eigenvalue weighted by atomic mass is 10.1. The van der Waals surface area contributed by atoms with Crippen molar-refractivity contribution in [2.24, 2.45) is 20.9 Å². The number of hydrogen-bond donors (Lipinski definition) is 3. The Kier molecular flexibility index (Phi) is 11.6. The lowest BCUT2D eigenvalue weighted by Crippen LogP contribution is -2.21. The molecule has 1 atom stereocenters. The van der Waals surface area contributed by atoms with Gasteiger partial charge in [0.1, 0.15) is 19.8 Å². The molecule has 9 heteroatoms. The lowest BCUT2D eigenvalue weighted by Gasteiger charge is -2.03. The zero-order valence-corrected chi connectivity index (χ0v) is 13.7. The van der Waals surface area contributed by atoms with Crippen molar-refractivity contribution in [2.45, 2.75) is 13.3 Å². The number of nitrogens with zero attached hydrogens (tertiary/aromatic N) is 3. The van der Waals surface area contributed by atoms with Gasteiger partial charge in [-0.1, -0.05) is 0 Å². The number of aliphatic imine (C=N–C) groups is 3. The Hall–Kier alpha value is -2.58. The molecule has 3 amide bonds. The molecule has 1 unspecified atom stereocenters. The molecule has 0 aliphatic rings. The summed E-state index contributed by atoms with van der Waals surface area (Å²) in [6, 6.07) is 0. The van der Waals surface area contributed by atoms with E-state index >= 15 is 0 Å². The standard InChI is InChI=1S/C14H24N6O3/c1-11(21)20-10-19-7-12(6-18-9-14(23)16-3)4-5-17-8-13(22)15-2/h5-7,12H,4,8-10H2,1-3H3,(H,15,22)(H,16,23)(H,20,21). The number of hydrogen-bond acceptors (Lipinski definition) is 6. The van der Waals surface area contributed by atoms with Crippen LogP contribution in [0.25, 0.3) is 0 Å². The number of amides is 3. The van der Waals surface area contributed by atoms with Gasteiger partial charge in [0, 0.05) is 45.6 Å². The fourth-order valence-corrected chi connectivity index (χ4v) is 1.28. The van der Waals surface area contributed by atoms with Crippen LogP contribution in [0.2, 0.25) is 0 Å². The van der Waals surface area contributed by atoms with E-state index < -0.39 is 0 Å². The molecule has 0 spiro atoms. The zero-order chi connectivity index (χ0) is 17.5. The third-order valence-corrected chi connectivity index (χ3v) is 2.55. The first-order chi connectivity index (χ1) is 11.0. The van der Waals surface area contributed by atoms with Crippen molar-refractivity contribution in [3.63, 3.8) is 0 Å². The van der Waals surface area contributed by atoms with E-state index in [1.165, 1.54) is 14.0 Å². The molecule has 3 N–H and O–H groups in total. The van der Waals surface area contributed by atoms with Gasteiger partial charge < -0.3 is 16.0 Å². The third kappa shape index (κ3) is 12.8. The highest BCUT2D eigenvalue weighted by atomic mass is 16.2. The summed E-state index contributed by atoms with van der Waals surface area (Å²) in [5, 5.41) is 7.48.